The highest BCUT2D eigenvalue weighted by atomic mass is 16.3. The van der Waals surface area contributed by atoms with Crippen LogP contribution in [0.2, 0.25) is 0 Å². The summed E-state index contributed by atoms with van der Waals surface area (Å²) in [6.45, 7) is 0. The van der Waals surface area contributed by atoms with Crippen molar-refractivity contribution in [2.24, 2.45) is 0 Å². The lowest BCUT2D eigenvalue weighted by Crippen LogP contribution is -2.50. The minimum atomic E-state index is -0.756. The number of aliphatic hydroxyl groups excluding tert-OH is 1. The maximum atomic E-state index is 11.1. The Balaban J connectivity index is 2.15. The second-order valence-electron chi connectivity index (χ2n) is 3.30. The van der Waals surface area contributed by atoms with Gasteiger partial charge in [-0.2, -0.15) is 0 Å². The Hall–Kier alpha value is -1.39. The van der Waals surface area contributed by atoms with Gasteiger partial charge in [-0.1, -0.05) is 30.3 Å². The molecule has 0 bridgehead atoms. The van der Waals surface area contributed by atoms with Gasteiger partial charge in [0.1, 0.15) is 12.4 Å². The van der Waals surface area contributed by atoms with E-state index in [1.165, 1.54) is 0 Å². The zero-order valence-electron chi connectivity index (χ0n) is 7.60. The average Bonchev–Trinajstić information content (AvgIpc) is 2.18. The molecule has 1 aliphatic heterocycles. The van der Waals surface area contributed by atoms with Crippen molar-refractivity contribution in [1.82, 2.24) is 10.6 Å². The molecule has 1 heterocycles. The van der Waals surface area contributed by atoms with Crippen LogP contribution in [0.3, 0.4) is 0 Å². The van der Waals surface area contributed by atoms with E-state index in [0.717, 1.165) is 5.56 Å². The molecule has 0 aliphatic carbocycles. The van der Waals surface area contributed by atoms with Crippen LogP contribution in [0.5, 0.6) is 0 Å². The summed E-state index contributed by atoms with van der Waals surface area (Å²) >= 11 is 0. The summed E-state index contributed by atoms with van der Waals surface area (Å²) < 4.78 is 0. The molecule has 4 nitrogen and oxygen atoms in total. The zero-order chi connectivity index (χ0) is 9.97. The van der Waals surface area contributed by atoms with Crippen LogP contribution in [0.4, 0.5) is 0 Å². The highest BCUT2D eigenvalue weighted by Gasteiger charge is 2.24. The molecule has 74 valence electrons. The van der Waals surface area contributed by atoms with E-state index in [1.54, 1.807) is 0 Å². The molecule has 0 aromatic heterocycles. The van der Waals surface area contributed by atoms with E-state index >= 15 is 0 Å². The molecule has 0 spiro atoms. The van der Waals surface area contributed by atoms with Gasteiger partial charge in [0.25, 0.3) is 0 Å². The molecule has 1 aromatic rings. The molecule has 4 heteroatoms. The average molecular weight is 192 g/mol. The molecule has 14 heavy (non-hydrogen) atoms. The van der Waals surface area contributed by atoms with E-state index in [-0.39, 0.29) is 18.5 Å². The molecule has 2 unspecified atom stereocenters. The van der Waals surface area contributed by atoms with E-state index in [2.05, 4.69) is 10.6 Å². The lowest BCUT2D eigenvalue weighted by molar-refractivity contribution is -0.127. The summed E-state index contributed by atoms with van der Waals surface area (Å²) in [5.74, 6) is -0.134. The summed E-state index contributed by atoms with van der Waals surface area (Å²) in [5, 5.41) is 15.0. The van der Waals surface area contributed by atoms with Crippen LogP contribution < -0.4 is 10.6 Å². The molecule has 1 aromatic carbocycles. The van der Waals surface area contributed by atoms with Crippen molar-refractivity contribution in [3.8, 4) is 0 Å². The fourth-order valence-electron chi connectivity index (χ4n) is 1.51. The summed E-state index contributed by atoms with van der Waals surface area (Å²) in [6, 6.07) is 9.49. The normalized spacial score (nSPS) is 27.1. The second kappa shape index (κ2) is 3.77. The maximum absolute atomic E-state index is 11.1. The number of aliphatic hydroxyl groups is 1. The molecular formula is C10H12N2O2. The topological polar surface area (TPSA) is 61.4 Å². The zero-order valence-corrected chi connectivity index (χ0v) is 7.60. The molecule has 3 N–H and O–H groups in total. The number of hydrogen-bond donors (Lipinski definition) is 3. The van der Waals surface area contributed by atoms with Crippen molar-refractivity contribution in [3.05, 3.63) is 35.9 Å². The minimum Gasteiger partial charge on any atom is -0.378 e. The molecular weight excluding hydrogens is 180 g/mol. The van der Waals surface area contributed by atoms with Crippen molar-refractivity contribution in [3.63, 3.8) is 0 Å². The Labute approximate surface area is 81.9 Å². The van der Waals surface area contributed by atoms with Gasteiger partial charge in [0.15, 0.2) is 0 Å². The maximum Gasteiger partial charge on any atom is 0.225 e. The molecule has 1 aliphatic rings. The number of rotatable bonds is 1. The highest BCUT2D eigenvalue weighted by Crippen LogP contribution is 2.13. The Kier molecular flexibility index (Phi) is 2.47. The molecule has 1 amide bonds. The Bertz CT molecular complexity index is 326. The number of carbonyl (C=O) groups excluding carboxylic acids is 1. The van der Waals surface area contributed by atoms with Crippen LogP contribution in [-0.2, 0) is 4.79 Å². The van der Waals surface area contributed by atoms with Crippen LogP contribution in [0.15, 0.2) is 30.3 Å². The number of amides is 1. The third-order valence-electron chi connectivity index (χ3n) is 2.18. The second-order valence-corrected chi connectivity index (χ2v) is 3.30. The summed E-state index contributed by atoms with van der Waals surface area (Å²) in [4.78, 5) is 11.1. The van der Waals surface area contributed by atoms with Crippen molar-refractivity contribution in [1.29, 1.82) is 0 Å². The molecule has 0 radical (unpaired) electrons. The van der Waals surface area contributed by atoms with Crippen LogP contribution in [0.25, 0.3) is 0 Å². The van der Waals surface area contributed by atoms with Gasteiger partial charge in [-0.25, -0.2) is 0 Å². The number of nitrogens with one attached hydrogen (secondary N) is 2. The van der Waals surface area contributed by atoms with Crippen LogP contribution in [0, 0.1) is 0 Å². The van der Waals surface area contributed by atoms with Gasteiger partial charge in [-0.3, -0.25) is 10.1 Å². The largest absolute Gasteiger partial charge is 0.378 e. The fraction of sp³-hybridized carbons (Fsp3) is 0.300. The number of hydrogen-bond acceptors (Lipinski definition) is 3. The predicted octanol–water partition coefficient (Wildman–Crippen LogP) is 0.113. The number of benzene rings is 1. The standard InChI is InChI=1S/C10H12N2O2/c13-8-6-9(14)12-10(11-8)7-4-2-1-3-5-7/h1-5,8,10-11,13H,6H2,(H,12,14). The van der Waals surface area contributed by atoms with Crippen molar-refractivity contribution >= 4 is 5.91 Å². The van der Waals surface area contributed by atoms with Gasteiger partial charge in [0, 0.05) is 0 Å². The molecule has 1 saturated heterocycles. The third-order valence-corrected chi connectivity index (χ3v) is 2.18. The first kappa shape index (κ1) is 9.18. The van der Waals surface area contributed by atoms with Crippen LogP contribution in [0.1, 0.15) is 18.2 Å². The smallest absolute Gasteiger partial charge is 0.225 e. The summed E-state index contributed by atoms with van der Waals surface area (Å²) in [5.41, 5.74) is 0.944. The predicted molar refractivity (Wildman–Crippen MR) is 51.1 cm³/mol. The highest BCUT2D eigenvalue weighted by molar-refractivity contribution is 5.77. The van der Waals surface area contributed by atoms with Crippen molar-refractivity contribution < 1.29 is 9.90 Å². The first-order valence-electron chi connectivity index (χ1n) is 4.54. The molecule has 2 rings (SSSR count). The lowest BCUT2D eigenvalue weighted by Gasteiger charge is -2.28. The summed E-state index contributed by atoms with van der Waals surface area (Å²) in [6.07, 6.45) is -0.926. The van der Waals surface area contributed by atoms with Gasteiger partial charge in [0.2, 0.25) is 5.91 Å². The molecule has 2 atom stereocenters. The first-order valence-corrected chi connectivity index (χ1v) is 4.54. The van der Waals surface area contributed by atoms with E-state index in [0.29, 0.717) is 0 Å². The Morgan fingerprint density at radius 2 is 2.00 bits per heavy atom. The Morgan fingerprint density at radius 1 is 1.29 bits per heavy atom. The first-order chi connectivity index (χ1) is 6.75. The lowest BCUT2D eigenvalue weighted by atomic mass is 10.1. The minimum absolute atomic E-state index is 0.114. The van der Waals surface area contributed by atoms with E-state index in [1.807, 2.05) is 30.3 Å². The van der Waals surface area contributed by atoms with Gasteiger partial charge in [-0.05, 0) is 5.56 Å². The van der Waals surface area contributed by atoms with Gasteiger partial charge in [0.05, 0.1) is 6.42 Å². The third kappa shape index (κ3) is 1.92. The SMILES string of the molecule is O=C1CC(O)NC(c2ccccc2)N1. The van der Waals surface area contributed by atoms with E-state index < -0.39 is 6.23 Å². The van der Waals surface area contributed by atoms with Crippen molar-refractivity contribution in [2.45, 2.75) is 18.8 Å². The molecule has 1 fully saturated rings. The van der Waals surface area contributed by atoms with Crippen LogP contribution in [-0.4, -0.2) is 17.2 Å². The van der Waals surface area contributed by atoms with E-state index in [9.17, 15) is 9.90 Å². The van der Waals surface area contributed by atoms with Gasteiger partial charge in [-0.15, -0.1) is 0 Å². The van der Waals surface area contributed by atoms with E-state index in [4.69, 9.17) is 0 Å². The van der Waals surface area contributed by atoms with Gasteiger partial charge < -0.3 is 10.4 Å². The number of carbonyl (C=O) groups is 1. The summed E-state index contributed by atoms with van der Waals surface area (Å²) in [7, 11) is 0. The fourth-order valence-corrected chi connectivity index (χ4v) is 1.51. The molecule has 0 saturated carbocycles. The van der Waals surface area contributed by atoms with Crippen LogP contribution >= 0.6 is 0 Å². The van der Waals surface area contributed by atoms with Crippen molar-refractivity contribution in [2.75, 3.05) is 0 Å². The quantitative estimate of drug-likeness (QED) is 0.592. The monoisotopic (exact) mass is 192 g/mol. The van der Waals surface area contributed by atoms with Gasteiger partial charge >= 0.3 is 0 Å². The Morgan fingerprint density at radius 3 is 2.64 bits per heavy atom.